The molecule has 1 saturated heterocycles. The summed E-state index contributed by atoms with van der Waals surface area (Å²) in [6, 6.07) is 4.14. The van der Waals surface area contributed by atoms with E-state index >= 15 is 0 Å². The Kier molecular flexibility index (Phi) is 3.09. The maximum Gasteiger partial charge on any atom is 0.118 e. The van der Waals surface area contributed by atoms with Gasteiger partial charge in [-0.25, -0.2) is 0 Å². The van der Waals surface area contributed by atoms with Crippen molar-refractivity contribution in [3.63, 3.8) is 0 Å². The summed E-state index contributed by atoms with van der Waals surface area (Å²) in [5.41, 5.74) is 0. The quantitative estimate of drug-likeness (QED) is 0.756. The Hall–Kier alpha value is -0.840. The van der Waals surface area contributed by atoms with Crippen molar-refractivity contribution >= 4 is 0 Å². The second kappa shape index (κ2) is 4.35. The van der Waals surface area contributed by atoms with Gasteiger partial charge in [0.05, 0.1) is 12.6 Å². The van der Waals surface area contributed by atoms with Gasteiger partial charge in [0.25, 0.3) is 0 Å². The Morgan fingerprint density at radius 1 is 1.53 bits per heavy atom. The lowest BCUT2D eigenvalue weighted by atomic mass is 10.2. The molecule has 2 heterocycles. The minimum atomic E-state index is -0.272. The van der Waals surface area contributed by atoms with Crippen molar-refractivity contribution < 1.29 is 9.52 Å². The minimum absolute atomic E-state index is 0.190. The standard InChI is InChI=1S/C11H18N2O2/c1-8-3-4-9(15-8)7-13(2)10-5-12-6-11(10)14/h3-4,10-12,14H,5-7H2,1-2H3. The predicted octanol–water partition coefficient (Wildman–Crippen LogP) is 0.353. The summed E-state index contributed by atoms with van der Waals surface area (Å²) in [5.74, 6) is 1.89. The third kappa shape index (κ3) is 2.40. The summed E-state index contributed by atoms with van der Waals surface area (Å²) in [7, 11) is 2.01. The maximum absolute atomic E-state index is 9.71. The molecule has 0 saturated carbocycles. The van der Waals surface area contributed by atoms with Crippen molar-refractivity contribution in [1.82, 2.24) is 10.2 Å². The predicted molar refractivity (Wildman–Crippen MR) is 57.6 cm³/mol. The van der Waals surface area contributed by atoms with Crippen molar-refractivity contribution in [2.75, 3.05) is 20.1 Å². The van der Waals surface area contributed by atoms with Gasteiger partial charge < -0.3 is 14.8 Å². The Labute approximate surface area is 89.9 Å². The van der Waals surface area contributed by atoms with Gasteiger partial charge in [0.15, 0.2) is 0 Å². The van der Waals surface area contributed by atoms with Gasteiger partial charge in [0, 0.05) is 19.1 Å². The molecule has 0 aromatic carbocycles. The van der Waals surface area contributed by atoms with E-state index in [4.69, 9.17) is 4.42 Å². The lowest BCUT2D eigenvalue weighted by Crippen LogP contribution is -2.40. The summed E-state index contributed by atoms with van der Waals surface area (Å²) in [6.45, 7) is 4.22. The van der Waals surface area contributed by atoms with Crippen LogP contribution >= 0.6 is 0 Å². The molecule has 2 rings (SSSR count). The van der Waals surface area contributed by atoms with Gasteiger partial charge in [0.1, 0.15) is 11.5 Å². The molecule has 1 aliphatic rings. The SMILES string of the molecule is Cc1ccc(CN(C)C2CNCC2O)o1. The fraction of sp³-hybridized carbons (Fsp3) is 0.636. The molecule has 0 aliphatic carbocycles. The average Bonchev–Trinajstić information content (AvgIpc) is 2.75. The van der Waals surface area contributed by atoms with Gasteiger partial charge in [-0.05, 0) is 26.1 Å². The number of hydrogen-bond acceptors (Lipinski definition) is 4. The number of likely N-dealkylation sites (N-methyl/N-ethyl adjacent to an activating group) is 1. The zero-order valence-corrected chi connectivity index (χ0v) is 9.23. The molecule has 1 aliphatic heterocycles. The second-order valence-corrected chi connectivity index (χ2v) is 4.22. The van der Waals surface area contributed by atoms with Crippen molar-refractivity contribution in [3.8, 4) is 0 Å². The van der Waals surface area contributed by atoms with Crippen LogP contribution in [0.4, 0.5) is 0 Å². The lowest BCUT2D eigenvalue weighted by Gasteiger charge is -2.25. The van der Waals surface area contributed by atoms with E-state index in [9.17, 15) is 5.11 Å². The van der Waals surface area contributed by atoms with Gasteiger partial charge in [-0.3, -0.25) is 4.90 Å². The molecule has 4 heteroatoms. The van der Waals surface area contributed by atoms with Crippen molar-refractivity contribution in [2.45, 2.75) is 25.6 Å². The zero-order chi connectivity index (χ0) is 10.8. The van der Waals surface area contributed by atoms with E-state index in [0.717, 1.165) is 24.6 Å². The molecule has 4 nitrogen and oxygen atoms in total. The van der Waals surface area contributed by atoms with Gasteiger partial charge >= 0.3 is 0 Å². The van der Waals surface area contributed by atoms with Gasteiger partial charge in [-0.1, -0.05) is 0 Å². The number of β-amino-alcohol motifs (C(OH)–C–C–N with tert-alkyl or cyclic N) is 1. The average molecular weight is 210 g/mol. The van der Waals surface area contributed by atoms with Crippen LogP contribution in [0.2, 0.25) is 0 Å². The molecule has 2 atom stereocenters. The summed E-state index contributed by atoms with van der Waals surface area (Å²) >= 11 is 0. The number of aliphatic hydroxyl groups excluding tert-OH is 1. The Bertz CT molecular complexity index is 324. The van der Waals surface area contributed by atoms with Crippen molar-refractivity contribution in [1.29, 1.82) is 0 Å². The van der Waals surface area contributed by atoms with E-state index in [-0.39, 0.29) is 12.1 Å². The van der Waals surface area contributed by atoms with E-state index in [1.807, 2.05) is 26.1 Å². The normalized spacial score (nSPS) is 26.4. The largest absolute Gasteiger partial charge is 0.465 e. The number of hydrogen-bond donors (Lipinski definition) is 2. The van der Waals surface area contributed by atoms with Crippen LogP contribution in [0.3, 0.4) is 0 Å². The molecule has 1 aromatic heterocycles. The lowest BCUT2D eigenvalue weighted by molar-refractivity contribution is 0.0914. The summed E-state index contributed by atoms with van der Waals surface area (Å²) < 4.78 is 5.51. The first-order chi connectivity index (χ1) is 7.16. The molecule has 15 heavy (non-hydrogen) atoms. The first-order valence-corrected chi connectivity index (χ1v) is 5.31. The highest BCUT2D eigenvalue weighted by molar-refractivity contribution is 5.05. The van der Waals surface area contributed by atoms with Gasteiger partial charge in [-0.15, -0.1) is 0 Å². The molecular weight excluding hydrogens is 192 g/mol. The minimum Gasteiger partial charge on any atom is -0.465 e. The molecule has 1 aromatic rings. The first-order valence-electron chi connectivity index (χ1n) is 5.31. The molecule has 2 N–H and O–H groups in total. The van der Waals surface area contributed by atoms with Crippen LogP contribution in [0.1, 0.15) is 11.5 Å². The van der Waals surface area contributed by atoms with Crippen LogP contribution in [0.5, 0.6) is 0 Å². The van der Waals surface area contributed by atoms with Crippen molar-refractivity contribution in [3.05, 3.63) is 23.7 Å². The molecule has 0 bridgehead atoms. The van der Waals surface area contributed by atoms with Crippen LogP contribution in [0, 0.1) is 6.92 Å². The molecular formula is C11H18N2O2. The Balaban J connectivity index is 1.94. The highest BCUT2D eigenvalue weighted by atomic mass is 16.3. The zero-order valence-electron chi connectivity index (χ0n) is 9.23. The van der Waals surface area contributed by atoms with Crippen LogP contribution in [0.25, 0.3) is 0 Å². The summed E-state index contributed by atoms with van der Waals surface area (Å²) in [6.07, 6.45) is -0.272. The van der Waals surface area contributed by atoms with Crippen LogP contribution in [-0.4, -0.2) is 42.3 Å². The monoisotopic (exact) mass is 210 g/mol. The third-order valence-corrected chi connectivity index (χ3v) is 2.92. The van der Waals surface area contributed by atoms with Crippen LogP contribution in [-0.2, 0) is 6.54 Å². The van der Waals surface area contributed by atoms with Gasteiger partial charge in [-0.2, -0.15) is 0 Å². The van der Waals surface area contributed by atoms with E-state index in [1.165, 1.54) is 0 Å². The molecule has 0 amide bonds. The van der Waals surface area contributed by atoms with Crippen LogP contribution in [0.15, 0.2) is 16.5 Å². The number of aliphatic hydroxyl groups is 1. The van der Waals surface area contributed by atoms with E-state index in [2.05, 4.69) is 10.2 Å². The highest BCUT2D eigenvalue weighted by Gasteiger charge is 2.28. The van der Waals surface area contributed by atoms with Crippen molar-refractivity contribution in [2.24, 2.45) is 0 Å². The van der Waals surface area contributed by atoms with E-state index in [0.29, 0.717) is 6.54 Å². The fourth-order valence-electron chi connectivity index (χ4n) is 2.03. The number of nitrogens with zero attached hydrogens (tertiary/aromatic N) is 1. The fourth-order valence-corrected chi connectivity index (χ4v) is 2.03. The molecule has 84 valence electrons. The third-order valence-electron chi connectivity index (χ3n) is 2.92. The highest BCUT2D eigenvalue weighted by Crippen LogP contribution is 2.13. The van der Waals surface area contributed by atoms with Gasteiger partial charge in [0.2, 0.25) is 0 Å². The molecule has 0 spiro atoms. The number of nitrogens with one attached hydrogen (secondary N) is 1. The van der Waals surface area contributed by atoms with E-state index in [1.54, 1.807) is 0 Å². The number of furan rings is 1. The topological polar surface area (TPSA) is 48.6 Å². The Morgan fingerprint density at radius 2 is 2.33 bits per heavy atom. The number of rotatable bonds is 3. The first kappa shape index (κ1) is 10.7. The molecule has 2 unspecified atom stereocenters. The number of aryl methyl sites for hydroxylation is 1. The maximum atomic E-state index is 9.71. The second-order valence-electron chi connectivity index (χ2n) is 4.22. The molecule has 1 fully saturated rings. The smallest absolute Gasteiger partial charge is 0.118 e. The summed E-state index contributed by atoms with van der Waals surface area (Å²) in [4.78, 5) is 2.13. The molecule has 0 radical (unpaired) electrons. The van der Waals surface area contributed by atoms with Crippen LogP contribution < -0.4 is 5.32 Å². The van der Waals surface area contributed by atoms with E-state index < -0.39 is 0 Å². The summed E-state index contributed by atoms with van der Waals surface area (Å²) in [5, 5.41) is 12.9. The Morgan fingerprint density at radius 3 is 2.87 bits per heavy atom.